The minimum atomic E-state index is -0.589. The largest absolute Gasteiger partial charge is 0.0627 e. The second-order valence-corrected chi connectivity index (χ2v) is 16.9. The molecule has 0 fully saturated rings. The van der Waals surface area contributed by atoms with Crippen LogP contribution in [0.25, 0.3) is 24.3 Å². The molecule has 46 heavy (non-hydrogen) atoms. The van der Waals surface area contributed by atoms with Crippen LogP contribution in [0.4, 0.5) is 0 Å². The van der Waals surface area contributed by atoms with Gasteiger partial charge in [-0.3, -0.25) is 0 Å². The SMILES string of the molecule is C1=Cc2ccccc2C(P(CCP(c2ccccc2)C2c3ccccc3C=Cc3ccccc32)c2ccccc2)c2ccccc21. The van der Waals surface area contributed by atoms with Crippen molar-refractivity contribution in [2.45, 2.75) is 11.3 Å². The third-order valence-electron chi connectivity index (χ3n) is 9.43. The van der Waals surface area contributed by atoms with E-state index < -0.39 is 15.8 Å². The number of benzene rings is 6. The Morgan fingerprint density at radius 1 is 0.304 bits per heavy atom. The lowest BCUT2D eigenvalue weighted by Gasteiger charge is -2.35. The van der Waals surface area contributed by atoms with Crippen molar-refractivity contribution in [3.63, 3.8) is 0 Å². The molecular weight excluding hydrogens is 590 g/mol. The van der Waals surface area contributed by atoms with E-state index in [0.717, 1.165) is 12.3 Å². The standard InChI is InChI=1S/C44H36P2/c1-3-19-37(20-4-1)45(43-39-23-11-7-15-33(39)27-28-34-16-8-12-24-40(34)43)31-32-46(38-21-5-2-6-22-38)44-41-25-13-9-17-35(41)29-30-36-18-10-14-26-42(36)44/h1-30,43-44H,31-32H2. The quantitative estimate of drug-likeness (QED) is 0.155. The lowest BCUT2D eigenvalue weighted by molar-refractivity contribution is 1.11. The molecule has 0 N–H and O–H groups in total. The van der Waals surface area contributed by atoms with Gasteiger partial charge < -0.3 is 0 Å². The molecule has 0 saturated carbocycles. The van der Waals surface area contributed by atoms with E-state index in [9.17, 15) is 0 Å². The second kappa shape index (κ2) is 13.2. The molecule has 0 nitrogen and oxygen atoms in total. The van der Waals surface area contributed by atoms with Crippen molar-refractivity contribution in [1.29, 1.82) is 0 Å². The minimum Gasteiger partial charge on any atom is -0.0627 e. The van der Waals surface area contributed by atoms with Crippen LogP contribution in [0.2, 0.25) is 0 Å². The maximum Gasteiger partial charge on any atom is 0.0344 e. The fourth-order valence-electron chi connectivity index (χ4n) is 7.28. The van der Waals surface area contributed by atoms with Crippen LogP contribution in [0.3, 0.4) is 0 Å². The van der Waals surface area contributed by atoms with Crippen LogP contribution in [-0.2, 0) is 0 Å². The second-order valence-electron chi connectivity index (χ2n) is 12.0. The fraction of sp³-hybridized carbons (Fsp3) is 0.0909. The molecule has 0 spiro atoms. The predicted molar refractivity (Wildman–Crippen MR) is 203 cm³/mol. The monoisotopic (exact) mass is 626 g/mol. The molecule has 2 aliphatic carbocycles. The Labute approximate surface area is 275 Å². The maximum atomic E-state index is 2.39. The summed E-state index contributed by atoms with van der Waals surface area (Å²) >= 11 is 0. The van der Waals surface area contributed by atoms with E-state index in [1.54, 1.807) is 0 Å². The Bertz CT molecular complexity index is 1780. The van der Waals surface area contributed by atoms with E-state index in [-0.39, 0.29) is 0 Å². The molecule has 0 amide bonds. The summed E-state index contributed by atoms with van der Waals surface area (Å²) in [6.45, 7) is 0. The van der Waals surface area contributed by atoms with Gasteiger partial charge in [0.05, 0.1) is 0 Å². The summed E-state index contributed by atoms with van der Waals surface area (Å²) < 4.78 is 0. The summed E-state index contributed by atoms with van der Waals surface area (Å²) in [7, 11) is -1.18. The number of hydrogen-bond acceptors (Lipinski definition) is 0. The zero-order valence-corrected chi connectivity index (χ0v) is 27.6. The Balaban J connectivity index is 1.28. The summed E-state index contributed by atoms with van der Waals surface area (Å²) in [5.41, 5.74) is 11.8. The van der Waals surface area contributed by atoms with Crippen molar-refractivity contribution in [2.75, 3.05) is 12.3 Å². The molecule has 8 rings (SSSR count). The summed E-state index contributed by atoms with van der Waals surface area (Å²) in [6.07, 6.45) is 11.6. The highest BCUT2D eigenvalue weighted by Crippen LogP contribution is 2.61. The van der Waals surface area contributed by atoms with E-state index in [0.29, 0.717) is 11.3 Å². The molecule has 2 atom stereocenters. The minimum absolute atomic E-state index is 0.322. The molecule has 0 aliphatic heterocycles. The normalized spacial score (nSPS) is 15.0. The van der Waals surface area contributed by atoms with Gasteiger partial charge in [-0.1, -0.05) is 198 Å². The summed E-state index contributed by atoms with van der Waals surface area (Å²) in [5, 5.41) is 2.97. The summed E-state index contributed by atoms with van der Waals surface area (Å²) in [6, 6.07) is 59.2. The Morgan fingerprint density at radius 3 is 0.870 bits per heavy atom. The van der Waals surface area contributed by atoms with Crippen LogP contribution in [0.5, 0.6) is 0 Å². The molecule has 2 unspecified atom stereocenters. The molecule has 6 aromatic rings. The first-order valence-corrected chi connectivity index (χ1v) is 19.4. The average Bonchev–Trinajstić information content (AvgIpc) is 3.40. The van der Waals surface area contributed by atoms with Crippen LogP contribution in [0, 0.1) is 0 Å². The maximum absolute atomic E-state index is 2.39. The van der Waals surface area contributed by atoms with Gasteiger partial charge >= 0.3 is 0 Å². The number of hydrogen-bond donors (Lipinski definition) is 0. The van der Waals surface area contributed by atoms with Gasteiger partial charge in [-0.05, 0) is 67.4 Å². The average molecular weight is 627 g/mol. The van der Waals surface area contributed by atoms with E-state index in [1.807, 2.05) is 0 Å². The molecule has 0 bridgehead atoms. The molecule has 2 heteroatoms. The van der Waals surface area contributed by atoms with Crippen molar-refractivity contribution >= 4 is 50.8 Å². The van der Waals surface area contributed by atoms with Crippen LogP contribution < -0.4 is 10.6 Å². The van der Waals surface area contributed by atoms with E-state index in [1.165, 1.54) is 55.1 Å². The van der Waals surface area contributed by atoms with Crippen LogP contribution >= 0.6 is 15.8 Å². The highest BCUT2D eigenvalue weighted by molar-refractivity contribution is 7.70. The van der Waals surface area contributed by atoms with E-state index >= 15 is 0 Å². The van der Waals surface area contributed by atoms with Crippen molar-refractivity contribution in [2.24, 2.45) is 0 Å². The van der Waals surface area contributed by atoms with E-state index in [2.05, 4.69) is 182 Å². The molecule has 0 radical (unpaired) electrons. The lowest BCUT2D eigenvalue weighted by atomic mass is 9.99. The topological polar surface area (TPSA) is 0 Å². The van der Waals surface area contributed by atoms with Gasteiger partial charge in [-0.25, -0.2) is 0 Å². The molecule has 2 aliphatic rings. The van der Waals surface area contributed by atoms with Crippen molar-refractivity contribution in [1.82, 2.24) is 0 Å². The molecule has 222 valence electrons. The first-order chi connectivity index (χ1) is 22.8. The highest BCUT2D eigenvalue weighted by atomic mass is 31.1. The van der Waals surface area contributed by atoms with Gasteiger partial charge in [-0.2, -0.15) is 0 Å². The molecule has 6 aromatic carbocycles. The third-order valence-corrected chi connectivity index (χ3v) is 15.5. The van der Waals surface area contributed by atoms with Crippen LogP contribution in [0.15, 0.2) is 158 Å². The zero-order chi connectivity index (χ0) is 30.7. The zero-order valence-electron chi connectivity index (χ0n) is 25.8. The van der Waals surface area contributed by atoms with E-state index in [4.69, 9.17) is 0 Å². The summed E-state index contributed by atoms with van der Waals surface area (Å²) in [5.74, 6) is 0. The molecular formula is C44H36P2. The highest BCUT2D eigenvalue weighted by Gasteiger charge is 2.34. The third kappa shape index (κ3) is 5.62. The molecule has 0 aromatic heterocycles. The van der Waals surface area contributed by atoms with Gasteiger partial charge in [0.2, 0.25) is 0 Å². The lowest BCUT2D eigenvalue weighted by Crippen LogP contribution is -2.18. The first-order valence-electron chi connectivity index (χ1n) is 16.2. The smallest absolute Gasteiger partial charge is 0.0344 e. The van der Waals surface area contributed by atoms with Gasteiger partial charge in [0.15, 0.2) is 0 Å². The van der Waals surface area contributed by atoms with Crippen molar-refractivity contribution in [3.05, 3.63) is 202 Å². The Morgan fingerprint density at radius 2 is 0.565 bits per heavy atom. The van der Waals surface area contributed by atoms with Gasteiger partial charge in [0, 0.05) is 11.3 Å². The number of fused-ring (bicyclic) bond motifs is 4. The van der Waals surface area contributed by atoms with Gasteiger partial charge in [0.25, 0.3) is 0 Å². The Hall–Kier alpha value is -4.34. The summed E-state index contributed by atoms with van der Waals surface area (Å²) in [4.78, 5) is 0. The first kappa shape index (κ1) is 29.1. The fourth-order valence-corrected chi connectivity index (χ4v) is 14.0. The molecule has 0 saturated heterocycles. The number of rotatable bonds is 7. The van der Waals surface area contributed by atoms with Crippen LogP contribution in [-0.4, -0.2) is 12.3 Å². The Kier molecular flexibility index (Phi) is 8.33. The van der Waals surface area contributed by atoms with Crippen molar-refractivity contribution < 1.29 is 0 Å². The molecule has 0 heterocycles. The van der Waals surface area contributed by atoms with Crippen molar-refractivity contribution in [3.8, 4) is 0 Å². The van der Waals surface area contributed by atoms with Gasteiger partial charge in [0.1, 0.15) is 0 Å². The predicted octanol–water partition coefficient (Wildman–Crippen LogP) is 11.1. The van der Waals surface area contributed by atoms with Crippen LogP contribution in [0.1, 0.15) is 55.8 Å². The van der Waals surface area contributed by atoms with Gasteiger partial charge in [-0.15, -0.1) is 0 Å².